The van der Waals surface area contributed by atoms with Gasteiger partial charge in [-0.3, -0.25) is 24.0 Å². The van der Waals surface area contributed by atoms with E-state index in [1.165, 1.54) is 24.8 Å². The first-order chi connectivity index (χ1) is 21.3. The first-order valence-electron chi connectivity index (χ1n) is 15.0. The number of hydrogen-bond donors (Lipinski definition) is 5. The normalized spacial score (nSPS) is 23.0. The first kappa shape index (κ1) is 33.7. The molecule has 45 heavy (non-hydrogen) atoms. The second-order valence-corrected chi connectivity index (χ2v) is 12.1. The van der Waals surface area contributed by atoms with Crippen LogP contribution in [-0.2, 0) is 20.9 Å². The van der Waals surface area contributed by atoms with Gasteiger partial charge in [0.1, 0.15) is 18.1 Å². The van der Waals surface area contributed by atoms with Gasteiger partial charge in [0.15, 0.2) is 11.5 Å². The Morgan fingerprint density at radius 2 is 1.69 bits per heavy atom. The fraction of sp³-hybridized carbons (Fsp3) is 0.533. The first-order valence-corrected chi connectivity index (χ1v) is 15.4. The predicted molar refractivity (Wildman–Crippen MR) is 164 cm³/mol. The molecule has 0 aliphatic carbocycles. The molecule has 4 rings (SSSR count). The van der Waals surface area contributed by atoms with Crippen LogP contribution in [0.4, 0.5) is 5.69 Å². The second kappa shape index (κ2) is 14.7. The molecule has 3 heterocycles. The Bertz CT molecular complexity index is 1420. The lowest BCUT2D eigenvalue weighted by molar-refractivity contribution is -0.133. The zero-order valence-corrected chi connectivity index (χ0v) is 26.5. The molecule has 5 amide bonds. The maximum atomic E-state index is 13.7. The molecular formula is C30H40ClN7O7. The van der Waals surface area contributed by atoms with Crippen LogP contribution in [0.3, 0.4) is 0 Å². The SMILES string of the molecule is CC(C)[C@@H]1NC(=O)[C@H](C)NC(=O)[C@H]([C@@H](C)O)NC(=O)c2cc(on2)CN(C(=O)c2ccc(N3CCCC3)c(Cl)c2)CCNC1=O. The smallest absolute Gasteiger partial charge is 0.274 e. The summed E-state index contributed by atoms with van der Waals surface area (Å²) in [7, 11) is 0. The topological polar surface area (TPSA) is 186 Å². The molecule has 244 valence electrons. The van der Waals surface area contributed by atoms with Gasteiger partial charge >= 0.3 is 0 Å². The van der Waals surface area contributed by atoms with Gasteiger partial charge in [0.25, 0.3) is 11.8 Å². The Labute approximate surface area is 266 Å². The van der Waals surface area contributed by atoms with Crippen molar-refractivity contribution < 1.29 is 33.6 Å². The van der Waals surface area contributed by atoms with Gasteiger partial charge < -0.3 is 40.7 Å². The van der Waals surface area contributed by atoms with E-state index in [2.05, 4.69) is 31.3 Å². The van der Waals surface area contributed by atoms with Crippen LogP contribution in [0.1, 0.15) is 67.1 Å². The molecule has 1 saturated heterocycles. The number of aromatic nitrogens is 1. The van der Waals surface area contributed by atoms with E-state index in [4.69, 9.17) is 16.1 Å². The maximum Gasteiger partial charge on any atom is 0.274 e. The van der Waals surface area contributed by atoms with Gasteiger partial charge in [0.05, 0.1) is 23.4 Å². The summed E-state index contributed by atoms with van der Waals surface area (Å²) in [5, 5.41) is 24.7. The summed E-state index contributed by atoms with van der Waals surface area (Å²) in [6.45, 7) is 7.99. The van der Waals surface area contributed by atoms with Crippen LogP contribution in [0, 0.1) is 5.92 Å². The van der Waals surface area contributed by atoms with Crippen molar-refractivity contribution in [3.05, 3.63) is 46.3 Å². The van der Waals surface area contributed by atoms with Crippen LogP contribution in [0.5, 0.6) is 0 Å². The molecule has 0 spiro atoms. The number of halogens is 1. The minimum atomic E-state index is -1.43. The number of hydrogen-bond acceptors (Lipinski definition) is 9. The third-order valence-electron chi connectivity index (χ3n) is 7.80. The minimum absolute atomic E-state index is 0.0348. The van der Waals surface area contributed by atoms with Gasteiger partial charge in [0.2, 0.25) is 17.7 Å². The number of amides is 5. The number of benzene rings is 1. The Balaban J connectivity index is 1.63. The van der Waals surface area contributed by atoms with Gasteiger partial charge in [-0.1, -0.05) is 30.6 Å². The molecule has 2 bridgehead atoms. The standard InChI is InChI=1S/C30H40ClN7O7/c1-16(2)24-28(42)32-9-12-38(30(44)19-7-8-23(21(31)13-19)37-10-5-6-11-37)15-20-14-22(36-45-20)27(41)35-25(18(4)39)29(43)33-17(3)26(40)34-24/h7-8,13-14,16-18,24-25,39H,5-6,9-12,15H2,1-4H3,(H,32,42)(H,33,43)(H,34,40)(H,35,41)/t17-,18+,24-,25-/m0/s1. The highest BCUT2D eigenvalue weighted by Gasteiger charge is 2.32. The third kappa shape index (κ3) is 8.31. The van der Waals surface area contributed by atoms with E-state index in [9.17, 15) is 29.1 Å². The lowest BCUT2D eigenvalue weighted by Gasteiger charge is -2.27. The molecule has 2 aromatic rings. The molecule has 15 heteroatoms. The van der Waals surface area contributed by atoms with Crippen LogP contribution in [-0.4, -0.2) is 95.1 Å². The Morgan fingerprint density at radius 1 is 0.978 bits per heavy atom. The highest BCUT2D eigenvalue weighted by Crippen LogP contribution is 2.30. The molecule has 1 aromatic heterocycles. The Kier molecular flexibility index (Phi) is 11.0. The molecule has 2 aliphatic rings. The average molecular weight is 646 g/mol. The zero-order valence-electron chi connectivity index (χ0n) is 25.8. The van der Waals surface area contributed by atoms with Crippen molar-refractivity contribution in [1.29, 1.82) is 0 Å². The van der Waals surface area contributed by atoms with Crippen molar-refractivity contribution in [2.45, 2.75) is 71.3 Å². The fourth-order valence-corrected chi connectivity index (χ4v) is 5.50. The van der Waals surface area contributed by atoms with Gasteiger partial charge in [0, 0.05) is 37.8 Å². The van der Waals surface area contributed by atoms with Crippen LogP contribution in [0.15, 0.2) is 28.8 Å². The largest absolute Gasteiger partial charge is 0.391 e. The summed E-state index contributed by atoms with van der Waals surface area (Å²) in [6, 6.07) is 2.96. The van der Waals surface area contributed by atoms with Crippen LogP contribution in [0.2, 0.25) is 5.02 Å². The number of nitrogens with one attached hydrogen (secondary N) is 4. The van der Waals surface area contributed by atoms with Crippen molar-refractivity contribution in [3.8, 4) is 0 Å². The molecule has 0 radical (unpaired) electrons. The van der Waals surface area contributed by atoms with Crippen molar-refractivity contribution in [2.75, 3.05) is 31.1 Å². The van der Waals surface area contributed by atoms with Gasteiger partial charge in [-0.05, 0) is 50.8 Å². The number of fused-ring (bicyclic) bond motifs is 2. The number of rotatable bonds is 4. The molecule has 0 unspecified atom stereocenters. The lowest BCUT2D eigenvalue weighted by Crippen LogP contribution is -2.58. The Hall–Kier alpha value is -4.17. The highest BCUT2D eigenvalue weighted by atomic mass is 35.5. The van der Waals surface area contributed by atoms with Gasteiger partial charge in [-0.2, -0.15) is 0 Å². The second-order valence-electron chi connectivity index (χ2n) is 11.7. The predicted octanol–water partition coefficient (Wildman–Crippen LogP) is 0.825. The average Bonchev–Trinajstić information content (AvgIpc) is 3.69. The van der Waals surface area contributed by atoms with Crippen LogP contribution < -0.4 is 26.2 Å². The van der Waals surface area contributed by atoms with Crippen molar-refractivity contribution in [3.63, 3.8) is 0 Å². The Morgan fingerprint density at radius 3 is 2.33 bits per heavy atom. The number of carbonyl (C=O) groups excluding carboxylic acids is 5. The summed E-state index contributed by atoms with van der Waals surface area (Å²) in [5.41, 5.74) is 0.985. The molecular weight excluding hydrogens is 606 g/mol. The number of aliphatic hydroxyl groups excluding tert-OH is 1. The summed E-state index contributed by atoms with van der Waals surface area (Å²) in [5.74, 6) is -3.28. The third-order valence-corrected chi connectivity index (χ3v) is 8.10. The van der Waals surface area contributed by atoms with E-state index in [-0.39, 0.29) is 37.0 Å². The van der Waals surface area contributed by atoms with E-state index < -0.39 is 53.8 Å². The molecule has 1 aromatic carbocycles. The quantitative estimate of drug-likeness (QED) is 0.321. The van der Waals surface area contributed by atoms with Gasteiger partial charge in [-0.15, -0.1) is 0 Å². The van der Waals surface area contributed by atoms with E-state index >= 15 is 0 Å². The summed E-state index contributed by atoms with van der Waals surface area (Å²) in [6.07, 6.45) is 0.814. The van der Waals surface area contributed by atoms with Crippen molar-refractivity contribution in [1.82, 2.24) is 31.3 Å². The van der Waals surface area contributed by atoms with E-state index in [1.54, 1.807) is 26.0 Å². The molecule has 0 saturated carbocycles. The van der Waals surface area contributed by atoms with E-state index in [0.717, 1.165) is 31.6 Å². The summed E-state index contributed by atoms with van der Waals surface area (Å²) >= 11 is 6.59. The number of anilines is 1. The number of aliphatic hydroxyl groups is 1. The molecule has 2 aliphatic heterocycles. The fourth-order valence-electron chi connectivity index (χ4n) is 5.20. The molecule has 4 atom stereocenters. The summed E-state index contributed by atoms with van der Waals surface area (Å²) < 4.78 is 5.36. The van der Waals surface area contributed by atoms with Crippen molar-refractivity contribution >= 4 is 46.8 Å². The monoisotopic (exact) mass is 645 g/mol. The molecule has 14 nitrogen and oxygen atoms in total. The maximum absolute atomic E-state index is 13.7. The lowest BCUT2D eigenvalue weighted by atomic mass is 10.0. The van der Waals surface area contributed by atoms with E-state index in [0.29, 0.717) is 10.6 Å². The minimum Gasteiger partial charge on any atom is -0.391 e. The number of carbonyl (C=O) groups is 5. The molecule has 5 N–H and O–H groups in total. The van der Waals surface area contributed by atoms with Crippen LogP contribution >= 0.6 is 11.6 Å². The highest BCUT2D eigenvalue weighted by molar-refractivity contribution is 6.33. The number of nitrogens with zero attached hydrogens (tertiary/aromatic N) is 3. The summed E-state index contributed by atoms with van der Waals surface area (Å²) in [4.78, 5) is 69.3. The van der Waals surface area contributed by atoms with Gasteiger partial charge in [-0.25, -0.2) is 0 Å². The van der Waals surface area contributed by atoms with Crippen molar-refractivity contribution in [2.24, 2.45) is 5.92 Å². The van der Waals surface area contributed by atoms with Crippen LogP contribution in [0.25, 0.3) is 0 Å². The van der Waals surface area contributed by atoms with E-state index in [1.807, 2.05) is 6.07 Å². The zero-order chi connectivity index (χ0) is 32.8. The molecule has 1 fully saturated rings.